The third-order valence-electron chi connectivity index (χ3n) is 3.05. The summed E-state index contributed by atoms with van der Waals surface area (Å²) < 4.78 is 43.7. The van der Waals surface area contributed by atoms with Crippen molar-refractivity contribution in [2.24, 2.45) is 0 Å². The number of aliphatic carboxylic acids is 1. The zero-order valence-electron chi connectivity index (χ0n) is 10.2. The van der Waals surface area contributed by atoms with E-state index in [2.05, 4.69) is 0 Å². The van der Waals surface area contributed by atoms with Crippen molar-refractivity contribution in [3.05, 3.63) is 34.9 Å². The number of alkyl halides is 3. The van der Waals surface area contributed by atoms with Crippen LogP contribution in [0, 0.1) is 6.92 Å². The highest BCUT2D eigenvalue weighted by atomic mass is 19.4. The van der Waals surface area contributed by atoms with Gasteiger partial charge in [0.15, 0.2) is 0 Å². The van der Waals surface area contributed by atoms with Gasteiger partial charge in [0.2, 0.25) is 6.10 Å². The Bertz CT molecular complexity index is 573. The molecule has 0 amide bonds. The standard InChI is InChI=1S/C13H11F3O3/c1-6-4-3-5-8-7(2)9(12(17)18)11(13(14,15)16)19-10(6)8/h3-5,11H,1-2H3,(H,17,18). The van der Waals surface area contributed by atoms with Gasteiger partial charge in [-0.2, -0.15) is 13.2 Å². The number of benzene rings is 1. The summed E-state index contributed by atoms with van der Waals surface area (Å²) in [7, 11) is 0. The number of carbonyl (C=O) groups is 1. The van der Waals surface area contributed by atoms with Gasteiger partial charge in [-0.15, -0.1) is 0 Å². The van der Waals surface area contributed by atoms with E-state index in [1.165, 1.54) is 6.92 Å². The summed E-state index contributed by atoms with van der Waals surface area (Å²) in [5, 5.41) is 9.00. The third kappa shape index (κ3) is 2.18. The molecule has 1 aliphatic rings. The van der Waals surface area contributed by atoms with Gasteiger partial charge in [0.1, 0.15) is 5.75 Å². The molecular weight excluding hydrogens is 261 g/mol. The minimum atomic E-state index is -4.77. The van der Waals surface area contributed by atoms with E-state index in [0.29, 0.717) is 11.1 Å². The molecule has 1 aromatic carbocycles. The van der Waals surface area contributed by atoms with Crippen LogP contribution in [-0.2, 0) is 4.79 Å². The minimum absolute atomic E-state index is 0.0831. The van der Waals surface area contributed by atoms with Crippen molar-refractivity contribution < 1.29 is 27.8 Å². The van der Waals surface area contributed by atoms with Crippen LogP contribution >= 0.6 is 0 Å². The SMILES string of the molecule is CC1=C(C(=O)O)C(C(F)(F)F)Oc2c(C)cccc21. The second-order valence-electron chi connectivity index (χ2n) is 4.33. The molecule has 0 aliphatic carbocycles. The maximum absolute atomic E-state index is 12.9. The predicted molar refractivity (Wildman–Crippen MR) is 61.9 cm³/mol. The Morgan fingerprint density at radius 2 is 1.95 bits per heavy atom. The van der Waals surface area contributed by atoms with E-state index in [1.807, 2.05) is 0 Å². The fraction of sp³-hybridized carbons (Fsp3) is 0.308. The van der Waals surface area contributed by atoms with Gasteiger partial charge in [0.25, 0.3) is 0 Å². The summed E-state index contributed by atoms with van der Waals surface area (Å²) in [6.45, 7) is 2.98. The monoisotopic (exact) mass is 272 g/mol. The Morgan fingerprint density at radius 1 is 1.32 bits per heavy atom. The molecule has 1 heterocycles. The number of carboxylic acid groups (broad SMARTS) is 1. The van der Waals surface area contributed by atoms with Crippen LogP contribution < -0.4 is 4.74 Å². The summed E-state index contributed by atoms with van der Waals surface area (Å²) in [6.07, 6.45) is -7.20. The highest BCUT2D eigenvalue weighted by Gasteiger charge is 2.49. The number of para-hydroxylation sites is 1. The summed E-state index contributed by atoms with van der Waals surface area (Å²) in [5.74, 6) is -1.53. The first-order valence-electron chi connectivity index (χ1n) is 5.51. The Labute approximate surface area is 107 Å². The highest BCUT2D eigenvalue weighted by Crippen LogP contribution is 2.42. The van der Waals surface area contributed by atoms with Crippen molar-refractivity contribution in [2.45, 2.75) is 26.1 Å². The Kier molecular flexibility index (Phi) is 3.04. The number of fused-ring (bicyclic) bond motifs is 1. The number of halogens is 3. The summed E-state index contributed by atoms with van der Waals surface area (Å²) in [4.78, 5) is 11.1. The van der Waals surface area contributed by atoms with Crippen molar-refractivity contribution >= 4 is 11.5 Å². The summed E-state index contributed by atoms with van der Waals surface area (Å²) >= 11 is 0. The molecule has 1 aromatic rings. The number of allylic oxidation sites excluding steroid dienone is 1. The van der Waals surface area contributed by atoms with Crippen molar-refractivity contribution in [3.63, 3.8) is 0 Å². The first-order valence-corrected chi connectivity index (χ1v) is 5.51. The molecule has 1 aliphatic heterocycles. The van der Waals surface area contributed by atoms with E-state index >= 15 is 0 Å². The largest absolute Gasteiger partial charge is 0.478 e. The number of rotatable bonds is 1. The van der Waals surface area contributed by atoms with Crippen molar-refractivity contribution in [1.29, 1.82) is 0 Å². The highest BCUT2D eigenvalue weighted by molar-refractivity contribution is 5.99. The van der Waals surface area contributed by atoms with E-state index < -0.39 is 23.8 Å². The van der Waals surface area contributed by atoms with Crippen LogP contribution in [0.1, 0.15) is 18.1 Å². The summed E-state index contributed by atoms with van der Waals surface area (Å²) in [5.41, 5.74) is 0.249. The van der Waals surface area contributed by atoms with Gasteiger partial charge in [-0.25, -0.2) is 4.79 Å². The maximum atomic E-state index is 12.9. The van der Waals surface area contributed by atoms with Crippen LogP contribution in [0.3, 0.4) is 0 Å². The molecule has 2 rings (SSSR count). The van der Waals surface area contributed by atoms with Crippen LogP contribution in [0.4, 0.5) is 13.2 Å². The lowest BCUT2D eigenvalue weighted by Gasteiger charge is -2.30. The fourth-order valence-electron chi connectivity index (χ4n) is 2.13. The van der Waals surface area contributed by atoms with Crippen molar-refractivity contribution in [1.82, 2.24) is 0 Å². The molecule has 3 nitrogen and oxygen atoms in total. The number of ether oxygens (including phenoxy) is 1. The van der Waals surface area contributed by atoms with E-state index in [1.54, 1.807) is 25.1 Å². The summed E-state index contributed by atoms with van der Waals surface area (Å²) in [6, 6.07) is 4.81. The van der Waals surface area contributed by atoms with E-state index in [-0.39, 0.29) is 11.3 Å². The topological polar surface area (TPSA) is 46.5 Å². The molecule has 1 N–H and O–H groups in total. The minimum Gasteiger partial charge on any atom is -0.478 e. The molecule has 1 unspecified atom stereocenters. The molecule has 0 fully saturated rings. The second kappa shape index (κ2) is 4.29. The molecule has 0 spiro atoms. The zero-order chi connectivity index (χ0) is 14.4. The van der Waals surface area contributed by atoms with Crippen LogP contribution in [0.25, 0.3) is 5.57 Å². The van der Waals surface area contributed by atoms with Gasteiger partial charge >= 0.3 is 12.1 Å². The van der Waals surface area contributed by atoms with E-state index in [0.717, 1.165) is 0 Å². The van der Waals surface area contributed by atoms with Gasteiger partial charge in [-0.1, -0.05) is 18.2 Å². The quantitative estimate of drug-likeness (QED) is 0.854. The fourth-order valence-corrected chi connectivity index (χ4v) is 2.13. The van der Waals surface area contributed by atoms with Gasteiger partial charge in [-0.3, -0.25) is 0 Å². The molecule has 6 heteroatoms. The number of hydrogen-bond acceptors (Lipinski definition) is 2. The normalized spacial score (nSPS) is 18.9. The number of hydrogen-bond donors (Lipinski definition) is 1. The first-order chi connectivity index (χ1) is 8.73. The lowest BCUT2D eigenvalue weighted by Crippen LogP contribution is -2.41. The molecule has 0 bridgehead atoms. The number of carboxylic acids is 1. The Hall–Kier alpha value is -1.98. The van der Waals surface area contributed by atoms with Gasteiger partial charge in [-0.05, 0) is 25.0 Å². The predicted octanol–water partition coefficient (Wildman–Crippen LogP) is 3.18. The van der Waals surface area contributed by atoms with Crippen molar-refractivity contribution in [3.8, 4) is 5.75 Å². The third-order valence-corrected chi connectivity index (χ3v) is 3.05. The molecule has 0 saturated carbocycles. The van der Waals surface area contributed by atoms with E-state index in [4.69, 9.17) is 9.84 Å². The molecule has 0 saturated heterocycles. The lowest BCUT2D eigenvalue weighted by atomic mass is 9.92. The zero-order valence-corrected chi connectivity index (χ0v) is 10.2. The molecule has 1 atom stereocenters. The van der Waals surface area contributed by atoms with Crippen LogP contribution in [0.5, 0.6) is 5.75 Å². The second-order valence-corrected chi connectivity index (χ2v) is 4.33. The smallest absolute Gasteiger partial charge is 0.430 e. The number of aryl methyl sites for hydroxylation is 1. The van der Waals surface area contributed by atoms with Crippen molar-refractivity contribution in [2.75, 3.05) is 0 Å². The molecule has 19 heavy (non-hydrogen) atoms. The molecule has 102 valence electrons. The molecular formula is C13H11F3O3. The average Bonchev–Trinajstić information content (AvgIpc) is 2.28. The Morgan fingerprint density at radius 3 is 2.47 bits per heavy atom. The van der Waals surface area contributed by atoms with Crippen LogP contribution in [-0.4, -0.2) is 23.4 Å². The van der Waals surface area contributed by atoms with Crippen LogP contribution in [0.2, 0.25) is 0 Å². The van der Waals surface area contributed by atoms with Gasteiger partial charge in [0.05, 0.1) is 5.57 Å². The lowest BCUT2D eigenvalue weighted by molar-refractivity contribution is -0.187. The maximum Gasteiger partial charge on any atom is 0.430 e. The average molecular weight is 272 g/mol. The Balaban J connectivity index is 2.70. The van der Waals surface area contributed by atoms with Crippen LogP contribution in [0.15, 0.2) is 23.8 Å². The first kappa shape index (κ1) is 13.5. The van der Waals surface area contributed by atoms with Gasteiger partial charge in [0, 0.05) is 5.56 Å². The molecule has 0 radical (unpaired) electrons. The van der Waals surface area contributed by atoms with E-state index in [9.17, 15) is 18.0 Å². The van der Waals surface area contributed by atoms with Gasteiger partial charge < -0.3 is 9.84 Å². The molecule has 0 aromatic heterocycles.